The minimum atomic E-state index is 0.338. The molecule has 0 aromatic heterocycles. The molecule has 0 radical (unpaired) electrons. The van der Waals surface area contributed by atoms with E-state index in [0.717, 1.165) is 24.0 Å². The third-order valence-corrected chi connectivity index (χ3v) is 4.83. The lowest BCUT2D eigenvalue weighted by Gasteiger charge is -2.17. The second kappa shape index (κ2) is 4.85. The van der Waals surface area contributed by atoms with Gasteiger partial charge in [-0.05, 0) is 35.4 Å². The number of phenols is 1. The Balaban J connectivity index is 2.46. The van der Waals surface area contributed by atoms with Crippen LogP contribution < -0.4 is 4.90 Å². The average molecular weight is 290 g/mol. The summed E-state index contributed by atoms with van der Waals surface area (Å²) in [6.45, 7) is 5.17. The van der Waals surface area contributed by atoms with Gasteiger partial charge in [0.15, 0.2) is 0 Å². The number of phenolic OH excluding ortho intramolecular Hbond substituents is 1. The molecule has 0 saturated carbocycles. The van der Waals surface area contributed by atoms with Crippen molar-refractivity contribution >= 4 is 28.1 Å². The fraction of sp³-hybridized carbons (Fsp3) is 0.412. The van der Waals surface area contributed by atoms with Crippen LogP contribution in [-0.2, 0) is 6.42 Å². The number of fused-ring (bicyclic) bond motifs is 3. The lowest BCUT2D eigenvalue weighted by molar-refractivity contribution is 0.481. The predicted molar refractivity (Wildman–Crippen MR) is 86.5 cm³/mol. The summed E-state index contributed by atoms with van der Waals surface area (Å²) in [7, 11) is 2.07. The number of nitrogens with zero attached hydrogens (tertiary/aromatic N) is 1. The largest absolute Gasteiger partial charge is 0.507 e. The van der Waals surface area contributed by atoms with Gasteiger partial charge < -0.3 is 10.0 Å². The fourth-order valence-electron chi connectivity index (χ4n) is 3.47. The van der Waals surface area contributed by atoms with Gasteiger partial charge in [0.2, 0.25) is 0 Å². The van der Waals surface area contributed by atoms with Crippen LogP contribution in [0.15, 0.2) is 18.2 Å². The highest BCUT2D eigenvalue weighted by Crippen LogP contribution is 2.46. The molecular formula is C17H20ClNO. The molecule has 0 unspecified atom stereocenters. The maximum Gasteiger partial charge on any atom is 0.125 e. The summed E-state index contributed by atoms with van der Waals surface area (Å²) in [5.74, 6) is 1.35. The molecule has 2 nitrogen and oxygen atoms in total. The first-order chi connectivity index (χ1) is 9.58. The van der Waals surface area contributed by atoms with Crippen LogP contribution in [0.2, 0.25) is 0 Å². The molecule has 1 heterocycles. The Morgan fingerprint density at radius 1 is 1.35 bits per heavy atom. The van der Waals surface area contributed by atoms with Crippen LogP contribution in [0.25, 0.3) is 10.8 Å². The van der Waals surface area contributed by atoms with Crippen molar-refractivity contribution in [2.24, 2.45) is 0 Å². The van der Waals surface area contributed by atoms with Gasteiger partial charge in [0.05, 0.1) is 0 Å². The highest BCUT2D eigenvalue weighted by atomic mass is 35.5. The van der Waals surface area contributed by atoms with E-state index in [1.165, 1.54) is 22.1 Å². The third-order valence-electron chi connectivity index (χ3n) is 4.46. The van der Waals surface area contributed by atoms with E-state index in [2.05, 4.69) is 37.9 Å². The molecule has 3 heteroatoms. The molecule has 0 saturated heterocycles. The van der Waals surface area contributed by atoms with Gasteiger partial charge in [-0.3, -0.25) is 0 Å². The van der Waals surface area contributed by atoms with Gasteiger partial charge in [0.25, 0.3) is 0 Å². The van der Waals surface area contributed by atoms with Crippen LogP contribution in [0.1, 0.15) is 29.5 Å². The van der Waals surface area contributed by atoms with Crippen LogP contribution in [0, 0.1) is 6.92 Å². The van der Waals surface area contributed by atoms with E-state index >= 15 is 0 Å². The first-order valence-electron chi connectivity index (χ1n) is 7.13. The summed E-state index contributed by atoms with van der Waals surface area (Å²) in [6.07, 6.45) is 0.921. The van der Waals surface area contributed by atoms with E-state index in [-0.39, 0.29) is 0 Å². The maximum atomic E-state index is 10.5. The summed E-state index contributed by atoms with van der Waals surface area (Å²) < 4.78 is 0. The molecule has 3 rings (SSSR count). The molecule has 106 valence electrons. The number of hydrogen-bond donors (Lipinski definition) is 1. The van der Waals surface area contributed by atoms with Crippen molar-refractivity contribution in [3.8, 4) is 5.75 Å². The van der Waals surface area contributed by atoms with Gasteiger partial charge in [-0.25, -0.2) is 0 Å². The van der Waals surface area contributed by atoms with Crippen molar-refractivity contribution in [3.63, 3.8) is 0 Å². The number of rotatable bonds is 2. The quantitative estimate of drug-likeness (QED) is 0.838. The van der Waals surface area contributed by atoms with E-state index in [1.54, 1.807) is 0 Å². The molecule has 2 aromatic carbocycles. The summed E-state index contributed by atoms with van der Waals surface area (Å²) in [6, 6.07) is 6.19. The minimum Gasteiger partial charge on any atom is -0.507 e. The molecule has 1 aliphatic rings. The number of hydrogen-bond acceptors (Lipinski definition) is 2. The van der Waals surface area contributed by atoms with Crippen LogP contribution in [0.5, 0.6) is 5.75 Å². The molecular weight excluding hydrogens is 270 g/mol. The van der Waals surface area contributed by atoms with Gasteiger partial charge in [-0.1, -0.05) is 19.1 Å². The Kier molecular flexibility index (Phi) is 3.29. The topological polar surface area (TPSA) is 23.5 Å². The van der Waals surface area contributed by atoms with Gasteiger partial charge in [0.1, 0.15) is 5.75 Å². The molecule has 0 amide bonds. The molecule has 1 atom stereocenters. The summed E-state index contributed by atoms with van der Waals surface area (Å²) >= 11 is 6.18. The Hall–Kier alpha value is -1.41. The van der Waals surface area contributed by atoms with Crippen LogP contribution in [0.3, 0.4) is 0 Å². The number of halogens is 1. The average Bonchev–Trinajstić information content (AvgIpc) is 2.76. The van der Waals surface area contributed by atoms with Gasteiger partial charge in [-0.15, -0.1) is 11.6 Å². The molecule has 20 heavy (non-hydrogen) atoms. The van der Waals surface area contributed by atoms with E-state index in [9.17, 15) is 5.11 Å². The van der Waals surface area contributed by atoms with Gasteiger partial charge in [-0.2, -0.15) is 0 Å². The van der Waals surface area contributed by atoms with Crippen LogP contribution >= 0.6 is 11.6 Å². The van der Waals surface area contributed by atoms with Gasteiger partial charge >= 0.3 is 0 Å². The Morgan fingerprint density at radius 3 is 2.75 bits per heavy atom. The standard InChI is InChI=1S/C17H20ClNO/c1-4-11-6-5-10(2)15-16-12(8-18)9-19(3)13(16)7-14(20)17(11)15/h5-7,12,20H,4,8-9H2,1-3H3/t12-/m1/s1. The molecule has 2 aromatic rings. The zero-order chi connectivity index (χ0) is 14.4. The molecule has 1 aliphatic heterocycles. The lowest BCUT2D eigenvalue weighted by Crippen LogP contribution is -2.15. The van der Waals surface area contributed by atoms with E-state index in [4.69, 9.17) is 11.6 Å². The Bertz CT molecular complexity index is 680. The summed E-state index contributed by atoms with van der Waals surface area (Å²) in [5.41, 5.74) is 4.85. The number of aromatic hydroxyl groups is 1. The fourth-order valence-corrected chi connectivity index (χ4v) is 3.72. The highest BCUT2D eigenvalue weighted by Gasteiger charge is 2.30. The minimum absolute atomic E-state index is 0.338. The maximum absolute atomic E-state index is 10.5. The number of benzene rings is 2. The first-order valence-corrected chi connectivity index (χ1v) is 7.67. The summed E-state index contributed by atoms with van der Waals surface area (Å²) in [4.78, 5) is 2.19. The normalized spacial score (nSPS) is 17.8. The molecule has 0 bridgehead atoms. The first kappa shape index (κ1) is 13.6. The smallest absolute Gasteiger partial charge is 0.125 e. The van der Waals surface area contributed by atoms with Crippen molar-refractivity contribution in [2.75, 3.05) is 24.4 Å². The number of anilines is 1. The highest BCUT2D eigenvalue weighted by molar-refractivity contribution is 6.19. The number of likely N-dealkylation sites (N-methyl/N-ethyl adjacent to an activating group) is 1. The van der Waals surface area contributed by atoms with E-state index in [1.807, 2.05) is 6.07 Å². The van der Waals surface area contributed by atoms with Crippen LogP contribution in [0.4, 0.5) is 5.69 Å². The zero-order valence-electron chi connectivity index (χ0n) is 12.2. The monoisotopic (exact) mass is 289 g/mol. The Labute approximate surface area is 125 Å². The molecule has 0 spiro atoms. The van der Waals surface area contributed by atoms with Crippen molar-refractivity contribution in [1.29, 1.82) is 0 Å². The Morgan fingerprint density at radius 2 is 2.10 bits per heavy atom. The van der Waals surface area contributed by atoms with Crippen LogP contribution in [-0.4, -0.2) is 24.6 Å². The molecule has 0 aliphatic carbocycles. The van der Waals surface area contributed by atoms with Crippen molar-refractivity contribution in [2.45, 2.75) is 26.2 Å². The SMILES string of the molecule is CCc1ccc(C)c2c3c(cc(O)c12)N(C)C[C@H]3CCl. The summed E-state index contributed by atoms with van der Waals surface area (Å²) in [5, 5.41) is 12.7. The van der Waals surface area contributed by atoms with Crippen molar-refractivity contribution < 1.29 is 5.11 Å². The van der Waals surface area contributed by atoms with E-state index in [0.29, 0.717) is 17.5 Å². The lowest BCUT2D eigenvalue weighted by atomic mass is 9.89. The van der Waals surface area contributed by atoms with E-state index < -0.39 is 0 Å². The zero-order valence-corrected chi connectivity index (χ0v) is 13.0. The predicted octanol–water partition coefficient (Wildman–Crippen LogP) is 4.19. The number of aryl methyl sites for hydroxylation is 2. The number of alkyl halides is 1. The molecule has 0 fully saturated rings. The van der Waals surface area contributed by atoms with Gasteiger partial charge in [0, 0.05) is 42.5 Å². The molecule has 1 N–H and O–H groups in total. The van der Waals surface area contributed by atoms with Crippen molar-refractivity contribution in [3.05, 3.63) is 34.9 Å². The second-order valence-corrected chi connectivity index (χ2v) is 6.01. The third kappa shape index (κ3) is 1.78. The van der Waals surface area contributed by atoms with Crippen molar-refractivity contribution in [1.82, 2.24) is 0 Å². The second-order valence-electron chi connectivity index (χ2n) is 5.71.